The predicted molar refractivity (Wildman–Crippen MR) is 124 cm³/mol. The van der Waals surface area contributed by atoms with Crippen molar-refractivity contribution in [1.29, 1.82) is 0 Å². The SMILES string of the molecule is COc1cccc(C(=O)N2CCC3(CC2)CN(Cc2ccc(C(C)(C)C)cc2)C(O)O3)c1. The minimum Gasteiger partial charge on any atom is -0.497 e. The minimum atomic E-state index is -0.919. The summed E-state index contributed by atoms with van der Waals surface area (Å²) in [4.78, 5) is 16.8. The van der Waals surface area contributed by atoms with Gasteiger partial charge in [-0.05, 0) is 47.6 Å². The first-order valence-corrected chi connectivity index (χ1v) is 11.3. The third-order valence-electron chi connectivity index (χ3n) is 6.64. The highest BCUT2D eigenvalue weighted by molar-refractivity contribution is 5.94. The van der Waals surface area contributed by atoms with Crippen LogP contribution in [-0.2, 0) is 16.7 Å². The van der Waals surface area contributed by atoms with Gasteiger partial charge in [0.25, 0.3) is 5.91 Å². The molecule has 2 aromatic carbocycles. The molecule has 1 amide bonds. The van der Waals surface area contributed by atoms with E-state index in [1.54, 1.807) is 13.2 Å². The zero-order chi connectivity index (χ0) is 22.9. The van der Waals surface area contributed by atoms with E-state index in [9.17, 15) is 9.90 Å². The molecule has 0 saturated carbocycles. The Kier molecular flexibility index (Phi) is 6.30. The summed E-state index contributed by atoms with van der Waals surface area (Å²) in [5.74, 6) is 0.686. The molecule has 1 spiro atoms. The Hall–Kier alpha value is -2.41. The molecule has 2 fully saturated rings. The predicted octanol–water partition coefficient (Wildman–Crippen LogP) is 3.78. The van der Waals surface area contributed by atoms with E-state index in [2.05, 4.69) is 45.0 Å². The van der Waals surface area contributed by atoms with Crippen molar-refractivity contribution >= 4 is 5.91 Å². The van der Waals surface area contributed by atoms with Gasteiger partial charge < -0.3 is 19.5 Å². The quantitative estimate of drug-likeness (QED) is 0.787. The standard InChI is InChI=1S/C26H34N2O4/c1-25(2,3)21-10-8-19(9-11-21)17-28-18-26(32-24(28)30)12-14-27(15-13-26)23(29)20-6-5-7-22(16-20)31-4/h5-11,16,24,30H,12-15,17-18H2,1-4H3. The monoisotopic (exact) mass is 438 g/mol. The van der Waals surface area contributed by atoms with E-state index >= 15 is 0 Å². The van der Waals surface area contributed by atoms with Crippen molar-refractivity contribution < 1.29 is 19.4 Å². The molecule has 2 saturated heterocycles. The van der Waals surface area contributed by atoms with Crippen LogP contribution in [0, 0.1) is 0 Å². The van der Waals surface area contributed by atoms with Gasteiger partial charge in [0.2, 0.25) is 6.41 Å². The van der Waals surface area contributed by atoms with Crippen LogP contribution in [-0.4, -0.2) is 59.6 Å². The van der Waals surface area contributed by atoms with Crippen LogP contribution in [0.3, 0.4) is 0 Å². The van der Waals surface area contributed by atoms with Gasteiger partial charge in [0.15, 0.2) is 0 Å². The molecule has 2 aromatic rings. The lowest BCUT2D eigenvalue weighted by Crippen LogP contribution is -2.48. The number of carbonyl (C=O) groups excluding carboxylic acids is 1. The largest absolute Gasteiger partial charge is 0.497 e. The number of piperidine rings is 1. The third-order valence-corrected chi connectivity index (χ3v) is 6.64. The Bertz CT molecular complexity index is 943. The van der Waals surface area contributed by atoms with Crippen molar-refractivity contribution in [3.05, 3.63) is 65.2 Å². The molecule has 2 aliphatic heterocycles. The van der Waals surface area contributed by atoms with Gasteiger partial charge in [-0.25, -0.2) is 4.90 Å². The number of rotatable bonds is 4. The number of aliphatic hydroxyl groups is 1. The number of hydrogen-bond donors (Lipinski definition) is 1. The summed E-state index contributed by atoms with van der Waals surface area (Å²) >= 11 is 0. The second-order valence-corrected chi connectivity index (χ2v) is 10.0. The summed E-state index contributed by atoms with van der Waals surface area (Å²) in [6.45, 7) is 9.13. The number of carbonyl (C=O) groups is 1. The molecule has 0 aliphatic carbocycles. The molecule has 172 valence electrons. The summed E-state index contributed by atoms with van der Waals surface area (Å²) in [6.07, 6.45) is 0.497. The number of nitrogens with zero attached hydrogens (tertiary/aromatic N) is 2. The van der Waals surface area contributed by atoms with E-state index in [0.717, 1.165) is 5.56 Å². The van der Waals surface area contributed by atoms with Crippen LogP contribution in [0.5, 0.6) is 5.75 Å². The van der Waals surface area contributed by atoms with Gasteiger partial charge in [0.05, 0.1) is 12.7 Å². The first-order valence-electron chi connectivity index (χ1n) is 11.3. The smallest absolute Gasteiger partial charge is 0.253 e. The average molecular weight is 439 g/mol. The average Bonchev–Trinajstić information content (AvgIpc) is 3.07. The highest BCUT2D eigenvalue weighted by Gasteiger charge is 2.46. The summed E-state index contributed by atoms with van der Waals surface area (Å²) in [6, 6.07) is 15.9. The second-order valence-electron chi connectivity index (χ2n) is 10.0. The first kappa shape index (κ1) is 22.8. The number of ether oxygens (including phenoxy) is 2. The fourth-order valence-electron chi connectivity index (χ4n) is 4.59. The number of hydrogen-bond acceptors (Lipinski definition) is 5. The lowest BCUT2D eigenvalue weighted by Gasteiger charge is -2.38. The van der Waals surface area contributed by atoms with Crippen LogP contribution in [0.15, 0.2) is 48.5 Å². The number of aliphatic hydroxyl groups excluding tert-OH is 1. The molecule has 6 nitrogen and oxygen atoms in total. The molecule has 6 heteroatoms. The van der Waals surface area contributed by atoms with Crippen molar-refractivity contribution in [2.75, 3.05) is 26.7 Å². The van der Waals surface area contributed by atoms with Gasteiger partial charge >= 0.3 is 0 Å². The third kappa shape index (κ3) is 4.82. The maximum Gasteiger partial charge on any atom is 0.253 e. The van der Waals surface area contributed by atoms with Gasteiger partial charge in [-0.2, -0.15) is 0 Å². The summed E-state index contributed by atoms with van der Waals surface area (Å²) in [7, 11) is 1.60. The van der Waals surface area contributed by atoms with Gasteiger partial charge in [0, 0.05) is 31.7 Å². The van der Waals surface area contributed by atoms with E-state index in [0.29, 0.717) is 50.3 Å². The molecule has 1 atom stereocenters. The lowest BCUT2D eigenvalue weighted by atomic mass is 9.86. The second kappa shape index (κ2) is 8.85. The Morgan fingerprint density at radius 3 is 2.47 bits per heavy atom. The van der Waals surface area contributed by atoms with Crippen LogP contribution in [0.2, 0.25) is 0 Å². The first-order chi connectivity index (χ1) is 15.2. The fraction of sp³-hybridized carbons (Fsp3) is 0.500. The van der Waals surface area contributed by atoms with Crippen LogP contribution < -0.4 is 4.74 Å². The van der Waals surface area contributed by atoms with Crippen molar-refractivity contribution in [2.45, 2.75) is 57.6 Å². The molecule has 0 bridgehead atoms. The van der Waals surface area contributed by atoms with E-state index in [-0.39, 0.29) is 11.3 Å². The fourth-order valence-corrected chi connectivity index (χ4v) is 4.59. The van der Waals surface area contributed by atoms with Crippen molar-refractivity contribution in [3.8, 4) is 5.75 Å². The van der Waals surface area contributed by atoms with Gasteiger partial charge in [-0.3, -0.25) is 4.79 Å². The summed E-state index contributed by atoms with van der Waals surface area (Å²) in [5.41, 5.74) is 2.80. The normalized spacial score (nSPS) is 21.2. The topological polar surface area (TPSA) is 62.2 Å². The lowest BCUT2D eigenvalue weighted by molar-refractivity contribution is -0.185. The number of amides is 1. The van der Waals surface area contributed by atoms with Crippen molar-refractivity contribution in [3.63, 3.8) is 0 Å². The highest BCUT2D eigenvalue weighted by atomic mass is 16.7. The van der Waals surface area contributed by atoms with E-state index in [1.165, 1.54) is 5.56 Å². The zero-order valence-corrected chi connectivity index (χ0v) is 19.5. The van der Waals surface area contributed by atoms with E-state index in [1.807, 2.05) is 28.0 Å². The number of benzene rings is 2. The van der Waals surface area contributed by atoms with E-state index in [4.69, 9.17) is 9.47 Å². The van der Waals surface area contributed by atoms with Crippen LogP contribution >= 0.6 is 0 Å². The molecular formula is C26H34N2O4. The maximum absolute atomic E-state index is 12.9. The Morgan fingerprint density at radius 2 is 1.84 bits per heavy atom. The highest BCUT2D eigenvalue weighted by Crippen LogP contribution is 2.36. The van der Waals surface area contributed by atoms with Crippen molar-refractivity contribution in [2.24, 2.45) is 0 Å². The molecule has 0 radical (unpaired) electrons. The Labute approximate surface area is 190 Å². The van der Waals surface area contributed by atoms with Gasteiger partial charge in [-0.1, -0.05) is 51.1 Å². The maximum atomic E-state index is 12.9. The zero-order valence-electron chi connectivity index (χ0n) is 19.5. The number of methoxy groups -OCH3 is 1. The molecule has 32 heavy (non-hydrogen) atoms. The Balaban J connectivity index is 1.36. The molecule has 1 unspecified atom stereocenters. The molecule has 1 N–H and O–H groups in total. The summed E-state index contributed by atoms with van der Waals surface area (Å²) < 4.78 is 11.3. The Morgan fingerprint density at radius 1 is 1.16 bits per heavy atom. The molecule has 0 aromatic heterocycles. The van der Waals surface area contributed by atoms with Crippen LogP contribution in [0.4, 0.5) is 0 Å². The molecule has 4 rings (SSSR count). The van der Waals surface area contributed by atoms with Crippen molar-refractivity contribution in [1.82, 2.24) is 9.80 Å². The number of likely N-dealkylation sites (tertiary alicyclic amines) is 1. The van der Waals surface area contributed by atoms with Gasteiger partial charge in [0.1, 0.15) is 5.75 Å². The van der Waals surface area contributed by atoms with Crippen LogP contribution in [0.1, 0.15) is 55.1 Å². The molecule has 2 heterocycles. The molecule has 2 aliphatic rings. The van der Waals surface area contributed by atoms with Gasteiger partial charge in [-0.15, -0.1) is 0 Å². The minimum absolute atomic E-state index is 0.00749. The van der Waals surface area contributed by atoms with Crippen LogP contribution in [0.25, 0.3) is 0 Å². The van der Waals surface area contributed by atoms with E-state index < -0.39 is 12.0 Å². The summed E-state index contributed by atoms with van der Waals surface area (Å²) in [5, 5.41) is 10.6. The molecular weight excluding hydrogens is 404 g/mol.